The third kappa shape index (κ3) is 2.94. The van der Waals surface area contributed by atoms with Crippen molar-refractivity contribution in [2.45, 2.75) is 19.1 Å². The predicted octanol–water partition coefficient (Wildman–Crippen LogP) is -1.22. The number of hydrogen-bond acceptors (Lipinski definition) is 4. The van der Waals surface area contributed by atoms with Gasteiger partial charge in [-0.25, -0.2) is 0 Å². The molecule has 1 fully saturated rings. The fraction of sp³-hybridized carbons (Fsp3) is 0.889. The van der Waals surface area contributed by atoms with Crippen LogP contribution in [0.2, 0.25) is 0 Å². The van der Waals surface area contributed by atoms with Gasteiger partial charge in [-0.15, -0.1) is 0 Å². The summed E-state index contributed by atoms with van der Waals surface area (Å²) in [5.41, 5.74) is 5.31. The number of piperazine rings is 1. The zero-order valence-corrected chi connectivity index (χ0v) is 8.82. The van der Waals surface area contributed by atoms with Gasteiger partial charge in [0.2, 0.25) is 5.91 Å². The van der Waals surface area contributed by atoms with Gasteiger partial charge in [-0.1, -0.05) is 0 Å². The Kier molecular flexibility index (Phi) is 4.31. The first kappa shape index (κ1) is 11.4. The van der Waals surface area contributed by atoms with Gasteiger partial charge in [-0.3, -0.25) is 9.69 Å². The van der Waals surface area contributed by atoms with E-state index in [2.05, 4.69) is 10.2 Å². The Morgan fingerprint density at radius 1 is 1.79 bits per heavy atom. The molecular weight excluding hydrogens is 182 g/mol. The molecule has 82 valence electrons. The summed E-state index contributed by atoms with van der Waals surface area (Å²) in [5.74, 6) is -0.263. The zero-order valence-electron chi connectivity index (χ0n) is 8.82. The molecule has 1 aliphatic rings. The summed E-state index contributed by atoms with van der Waals surface area (Å²) in [6, 6.07) is -0.193. The van der Waals surface area contributed by atoms with Gasteiger partial charge in [0.1, 0.15) is 6.04 Å². The second-order valence-electron chi connectivity index (χ2n) is 3.66. The maximum Gasteiger partial charge on any atom is 0.236 e. The summed E-state index contributed by atoms with van der Waals surface area (Å²) < 4.78 is 5.17. The van der Waals surface area contributed by atoms with Crippen LogP contribution in [-0.4, -0.2) is 56.2 Å². The molecular formula is C9H19N3O2. The molecule has 1 heterocycles. The van der Waals surface area contributed by atoms with Gasteiger partial charge < -0.3 is 15.8 Å². The Hall–Kier alpha value is -0.650. The van der Waals surface area contributed by atoms with Crippen molar-refractivity contribution in [3.63, 3.8) is 0 Å². The van der Waals surface area contributed by atoms with Crippen molar-refractivity contribution in [1.82, 2.24) is 10.2 Å². The lowest BCUT2D eigenvalue weighted by Crippen LogP contribution is -2.58. The number of hydrogen-bond donors (Lipinski definition) is 2. The van der Waals surface area contributed by atoms with Crippen LogP contribution in [0.3, 0.4) is 0 Å². The van der Waals surface area contributed by atoms with E-state index in [-0.39, 0.29) is 18.1 Å². The molecule has 0 aromatic heterocycles. The first-order valence-electron chi connectivity index (χ1n) is 4.92. The smallest absolute Gasteiger partial charge is 0.236 e. The number of carbonyl (C=O) groups excluding carboxylic acids is 1. The number of primary amides is 1. The molecule has 1 saturated heterocycles. The molecule has 1 amide bonds. The Bertz CT molecular complexity index is 198. The zero-order chi connectivity index (χ0) is 10.6. The lowest BCUT2D eigenvalue weighted by molar-refractivity contribution is -0.124. The molecule has 0 spiro atoms. The summed E-state index contributed by atoms with van der Waals surface area (Å²) in [4.78, 5) is 13.2. The Balaban J connectivity index is 2.49. The van der Waals surface area contributed by atoms with Crippen LogP contribution in [0.4, 0.5) is 0 Å². The van der Waals surface area contributed by atoms with Crippen molar-refractivity contribution in [3.8, 4) is 0 Å². The molecule has 3 N–H and O–H groups in total. The SMILES string of the molecule is COC(C)CN1CCNCC1C(N)=O. The monoisotopic (exact) mass is 201 g/mol. The fourth-order valence-corrected chi connectivity index (χ4v) is 1.65. The van der Waals surface area contributed by atoms with Crippen LogP contribution in [0, 0.1) is 0 Å². The number of nitrogens with two attached hydrogens (primary N) is 1. The van der Waals surface area contributed by atoms with Crippen LogP contribution >= 0.6 is 0 Å². The van der Waals surface area contributed by atoms with Gasteiger partial charge in [-0.05, 0) is 6.92 Å². The van der Waals surface area contributed by atoms with Gasteiger partial charge in [0.15, 0.2) is 0 Å². The van der Waals surface area contributed by atoms with E-state index >= 15 is 0 Å². The van der Waals surface area contributed by atoms with Crippen LogP contribution in [0.1, 0.15) is 6.92 Å². The van der Waals surface area contributed by atoms with Gasteiger partial charge in [0.05, 0.1) is 6.10 Å². The van der Waals surface area contributed by atoms with Crippen LogP contribution in [0.15, 0.2) is 0 Å². The van der Waals surface area contributed by atoms with Crippen LogP contribution in [0.25, 0.3) is 0 Å². The topological polar surface area (TPSA) is 67.6 Å². The van der Waals surface area contributed by atoms with Gasteiger partial charge in [0.25, 0.3) is 0 Å². The van der Waals surface area contributed by atoms with E-state index in [4.69, 9.17) is 10.5 Å². The second-order valence-corrected chi connectivity index (χ2v) is 3.66. The lowest BCUT2D eigenvalue weighted by atomic mass is 10.1. The van der Waals surface area contributed by atoms with Gasteiger partial charge >= 0.3 is 0 Å². The van der Waals surface area contributed by atoms with Crippen LogP contribution in [0.5, 0.6) is 0 Å². The largest absolute Gasteiger partial charge is 0.380 e. The average molecular weight is 201 g/mol. The highest BCUT2D eigenvalue weighted by Crippen LogP contribution is 2.04. The molecule has 0 bridgehead atoms. The molecule has 0 aliphatic carbocycles. The number of methoxy groups -OCH3 is 1. The molecule has 2 atom stereocenters. The van der Waals surface area contributed by atoms with Crippen molar-refractivity contribution >= 4 is 5.91 Å². The number of rotatable bonds is 4. The minimum atomic E-state index is -0.263. The minimum Gasteiger partial charge on any atom is -0.380 e. The Morgan fingerprint density at radius 2 is 2.50 bits per heavy atom. The molecule has 2 unspecified atom stereocenters. The highest BCUT2D eigenvalue weighted by Gasteiger charge is 2.27. The molecule has 1 aliphatic heterocycles. The van der Waals surface area contributed by atoms with E-state index in [0.717, 1.165) is 19.6 Å². The minimum absolute atomic E-state index is 0.134. The van der Waals surface area contributed by atoms with Crippen molar-refractivity contribution in [2.75, 3.05) is 33.3 Å². The van der Waals surface area contributed by atoms with Crippen molar-refractivity contribution < 1.29 is 9.53 Å². The van der Waals surface area contributed by atoms with Crippen LogP contribution < -0.4 is 11.1 Å². The van der Waals surface area contributed by atoms with E-state index in [1.807, 2.05) is 6.92 Å². The predicted molar refractivity (Wildman–Crippen MR) is 53.9 cm³/mol. The number of ether oxygens (including phenoxy) is 1. The Labute approximate surface area is 84.6 Å². The first-order chi connectivity index (χ1) is 6.65. The summed E-state index contributed by atoms with van der Waals surface area (Å²) in [6.07, 6.45) is 0.134. The van der Waals surface area contributed by atoms with Gasteiger partial charge in [-0.2, -0.15) is 0 Å². The maximum atomic E-state index is 11.1. The quantitative estimate of drug-likeness (QED) is 0.598. The average Bonchev–Trinajstić information content (AvgIpc) is 2.18. The van der Waals surface area contributed by atoms with Crippen molar-refractivity contribution in [2.24, 2.45) is 5.73 Å². The number of nitrogens with zero attached hydrogens (tertiary/aromatic N) is 1. The lowest BCUT2D eigenvalue weighted by Gasteiger charge is -2.35. The highest BCUT2D eigenvalue weighted by molar-refractivity contribution is 5.80. The van der Waals surface area contributed by atoms with E-state index in [0.29, 0.717) is 6.54 Å². The van der Waals surface area contributed by atoms with Crippen molar-refractivity contribution in [1.29, 1.82) is 0 Å². The molecule has 5 nitrogen and oxygen atoms in total. The summed E-state index contributed by atoms with van der Waals surface area (Å²) in [6.45, 7) is 5.14. The maximum absolute atomic E-state index is 11.1. The molecule has 0 aromatic carbocycles. The third-order valence-electron chi connectivity index (χ3n) is 2.58. The fourth-order valence-electron chi connectivity index (χ4n) is 1.65. The molecule has 5 heteroatoms. The van der Waals surface area contributed by atoms with E-state index < -0.39 is 0 Å². The van der Waals surface area contributed by atoms with E-state index in [1.165, 1.54) is 0 Å². The highest BCUT2D eigenvalue weighted by atomic mass is 16.5. The molecule has 14 heavy (non-hydrogen) atoms. The second kappa shape index (κ2) is 5.29. The summed E-state index contributed by atoms with van der Waals surface area (Å²) >= 11 is 0. The van der Waals surface area contributed by atoms with Crippen LogP contribution in [-0.2, 0) is 9.53 Å². The number of carbonyl (C=O) groups is 1. The van der Waals surface area contributed by atoms with E-state index in [1.54, 1.807) is 7.11 Å². The molecule has 1 rings (SSSR count). The molecule has 0 radical (unpaired) electrons. The van der Waals surface area contributed by atoms with E-state index in [9.17, 15) is 4.79 Å². The normalized spacial score (nSPS) is 26.0. The molecule has 0 saturated carbocycles. The first-order valence-corrected chi connectivity index (χ1v) is 4.92. The summed E-state index contributed by atoms with van der Waals surface area (Å²) in [5, 5.41) is 3.15. The number of nitrogens with one attached hydrogen (secondary N) is 1. The standard InChI is InChI=1S/C9H19N3O2/c1-7(14-2)6-12-4-3-11-5-8(12)9(10)13/h7-8,11H,3-6H2,1-2H3,(H2,10,13). The van der Waals surface area contributed by atoms with Crippen molar-refractivity contribution in [3.05, 3.63) is 0 Å². The van der Waals surface area contributed by atoms with Gasteiger partial charge in [0, 0.05) is 33.3 Å². The number of amides is 1. The Morgan fingerprint density at radius 3 is 3.07 bits per heavy atom. The molecule has 0 aromatic rings. The third-order valence-corrected chi connectivity index (χ3v) is 2.58. The summed E-state index contributed by atoms with van der Waals surface area (Å²) in [7, 11) is 1.67.